The monoisotopic (exact) mass is 348 g/mol. The number of halogens is 2. The zero-order valence-corrected chi connectivity index (χ0v) is 14.0. The maximum Gasteiger partial charge on any atom is 0.253 e. The van der Waals surface area contributed by atoms with Crippen LogP contribution < -0.4 is 15.5 Å². The zero-order valence-electron chi connectivity index (χ0n) is 14.0. The lowest BCUT2D eigenvalue weighted by molar-refractivity contribution is -0.122. The number of hydrogen-bond acceptors (Lipinski definition) is 4. The fraction of sp³-hybridized carbons (Fsp3) is 0.235. The third-order valence-corrected chi connectivity index (χ3v) is 3.53. The van der Waals surface area contributed by atoms with Crippen LogP contribution in [0.25, 0.3) is 0 Å². The lowest BCUT2D eigenvalue weighted by Gasteiger charge is -2.18. The predicted octanol–water partition coefficient (Wildman–Crippen LogP) is 1.64. The van der Waals surface area contributed by atoms with Crippen molar-refractivity contribution < 1.29 is 18.4 Å². The van der Waals surface area contributed by atoms with E-state index in [4.69, 9.17) is 0 Å². The molecule has 0 fully saturated rings. The van der Waals surface area contributed by atoms with E-state index < -0.39 is 29.5 Å². The minimum Gasteiger partial charge on any atom is -0.363 e. The van der Waals surface area contributed by atoms with Crippen LogP contribution in [0.15, 0.2) is 36.5 Å². The minimum atomic E-state index is -1.17. The van der Waals surface area contributed by atoms with Crippen LogP contribution in [0.3, 0.4) is 0 Å². The van der Waals surface area contributed by atoms with Gasteiger partial charge in [0.15, 0.2) is 11.6 Å². The number of rotatable bonds is 5. The molecule has 0 spiro atoms. The first-order valence-electron chi connectivity index (χ1n) is 7.44. The van der Waals surface area contributed by atoms with Crippen LogP contribution in [0.1, 0.15) is 22.0 Å². The van der Waals surface area contributed by atoms with Crippen molar-refractivity contribution in [2.24, 2.45) is 0 Å². The molecule has 0 bridgehead atoms. The Labute approximate surface area is 143 Å². The summed E-state index contributed by atoms with van der Waals surface area (Å²) in [6.07, 6.45) is 1.37. The number of hydrogen-bond donors (Lipinski definition) is 2. The molecule has 132 valence electrons. The summed E-state index contributed by atoms with van der Waals surface area (Å²) in [4.78, 5) is 30.3. The molecule has 6 nitrogen and oxygen atoms in total. The quantitative estimate of drug-likeness (QED) is 0.862. The van der Waals surface area contributed by atoms with Gasteiger partial charge in [-0.3, -0.25) is 9.59 Å². The lowest BCUT2D eigenvalue weighted by Crippen LogP contribution is -2.39. The van der Waals surface area contributed by atoms with Gasteiger partial charge in [0.2, 0.25) is 5.91 Å². The number of nitrogens with one attached hydrogen (secondary N) is 2. The molecule has 0 radical (unpaired) electrons. The van der Waals surface area contributed by atoms with Gasteiger partial charge in [0.25, 0.3) is 5.91 Å². The van der Waals surface area contributed by atoms with Gasteiger partial charge < -0.3 is 15.5 Å². The van der Waals surface area contributed by atoms with E-state index in [9.17, 15) is 18.4 Å². The molecule has 2 amide bonds. The van der Waals surface area contributed by atoms with E-state index in [1.54, 1.807) is 17.0 Å². The second-order valence-corrected chi connectivity index (χ2v) is 5.49. The summed E-state index contributed by atoms with van der Waals surface area (Å²) in [6, 6.07) is 5.07. The van der Waals surface area contributed by atoms with Crippen molar-refractivity contribution in [3.8, 4) is 0 Å². The third-order valence-electron chi connectivity index (χ3n) is 3.53. The molecule has 1 atom stereocenters. The van der Waals surface area contributed by atoms with Crippen LogP contribution in [-0.2, 0) is 4.79 Å². The van der Waals surface area contributed by atoms with Crippen LogP contribution in [0.2, 0.25) is 0 Å². The second-order valence-electron chi connectivity index (χ2n) is 5.49. The molecule has 8 heteroatoms. The molecule has 0 aliphatic carbocycles. The highest BCUT2D eigenvalue weighted by atomic mass is 19.2. The van der Waals surface area contributed by atoms with Gasteiger partial charge >= 0.3 is 0 Å². The molecule has 2 N–H and O–H groups in total. The Morgan fingerprint density at radius 1 is 1.12 bits per heavy atom. The number of amides is 2. The topological polar surface area (TPSA) is 74.3 Å². The van der Waals surface area contributed by atoms with E-state index in [2.05, 4.69) is 15.6 Å². The number of nitrogens with zero attached hydrogens (tertiary/aromatic N) is 2. The molecule has 0 unspecified atom stereocenters. The van der Waals surface area contributed by atoms with Crippen LogP contribution in [-0.4, -0.2) is 37.9 Å². The fourth-order valence-electron chi connectivity index (χ4n) is 2.14. The molecule has 2 rings (SSSR count). The van der Waals surface area contributed by atoms with Gasteiger partial charge in [0.1, 0.15) is 11.9 Å². The molecule has 0 saturated carbocycles. The molecule has 1 heterocycles. The predicted molar refractivity (Wildman–Crippen MR) is 89.2 cm³/mol. The van der Waals surface area contributed by atoms with Crippen molar-refractivity contribution in [2.45, 2.75) is 6.04 Å². The average molecular weight is 348 g/mol. The number of anilines is 1. The van der Waals surface area contributed by atoms with E-state index in [0.29, 0.717) is 5.82 Å². The fourth-order valence-corrected chi connectivity index (χ4v) is 2.14. The summed E-state index contributed by atoms with van der Waals surface area (Å²) in [6.45, 7) is 0. The maximum atomic E-state index is 13.5. The van der Waals surface area contributed by atoms with Crippen LogP contribution >= 0.6 is 0 Å². The Morgan fingerprint density at radius 2 is 1.84 bits per heavy atom. The minimum absolute atomic E-state index is 0.129. The second kappa shape index (κ2) is 7.69. The number of carbonyl (C=O) groups excluding carboxylic acids is 2. The Kier molecular flexibility index (Phi) is 5.63. The van der Waals surface area contributed by atoms with E-state index in [1.165, 1.54) is 19.3 Å². The van der Waals surface area contributed by atoms with Crippen molar-refractivity contribution in [1.82, 2.24) is 15.6 Å². The maximum absolute atomic E-state index is 13.5. The smallest absolute Gasteiger partial charge is 0.253 e. The van der Waals surface area contributed by atoms with Gasteiger partial charge in [0.05, 0.1) is 5.56 Å². The van der Waals surface area contributed by atoms with E-state index >= 15 is 0 Å². The Morgan fingerprint density at radius 3 is 2.36 bits per heavy atom. The Bertz CT molecular complexity index is 779. The standard InChI is InChI=1S/C17H18F2N4O2/c1-20-17(25)15(10-4-6-12(18)13(19)8-10)22-16(24)11-5-7-14(21-9-11)23(2)3/h4-9,15H,1-3H3,(H,20,25)(H,22,24)/t15-/m0/s1. The van der Waals surface area contributed by atoms with Crippen molar-refractivity contribution in [1.29, 1.82) is 0 Å². The van der Waals surface area contributed by atoms with Crippen LogP contribution in [0.5, 0.6) is 0 Å². The van der Waals surface area contributed by atoms with Crippen molar-refractivity contribution in [3.05, 3.63) is 59.3 Å². The van der Waals surface area contributed by atoms with E-state index in [-0.39, 0.29) is 11.1 Å². The Balaban J connectivity index is 2.25. The molecular formula is C17H18F2N4O2. The molecule has 0 saturated heterocycles. The van der Waals surface area contributed by atoms with Gasteiger partial charge in [0, 0.05) is 27.3 Å². The number of pyridine rings is 1. The molecule has 1 aromatic carbocycles. The van der Waals surface area contributed by atoms with Crippen LogP contribution in [0, 0.1) is 11.6 Å². The van der Waals surface area contributed by atoms with Gasteiger partial charge in [-0.2, -0.15) is 0 Å². The van der Waals surface area contributed by atoms with E-state index in [1.807, 2.05) is 14.1 Å². The molecular weight excluding hydrogens is 330 g/mol. The van der Waals surface area contributed by atoms with Gasteiger partial charge in [-0.25, -0.2) is 13.8 Å². The number of likely N-dealkylation sites (N-methyl/N-ethyl adjacent to an activating group) is 1. The molecule has 0 aliphatic rings. The number of benzene rings is 1. The van der Waals surface area contributed by atoms with Gasteiger partial charge in [-0.1, -0.05) is 6.07 Å². The summed E-state index contributed by atoms with van der Waals surface area (Å²) < 4.78 is 26.6. The number of aromatic nitrogens is 1. The van der Waals surface area contributed by atoms with Crippen molar-refractivity contribution >= 4 is 17.6 Å². The van der Waals surface area contributed by atoms with E-state index in [0.717, 1.165) is 12.1 Å². The summed E-state index contributed by atoms with van der Waals surface area (Å²) >= 11 is 0. The first-order valence-corrected chi connectivity index (χ1v) is 7.44. The number of carbonyl (C=O) groups is 2. The molecule has 2 aromatic rings. The first kappa shape index (κ1) is 18.3. The highest BCUT2D eigenvalue weighted by Gasteiger charge is 2.23. The summed E-state index contributed by atoms with van der Waals surface area (Å²) in [7, 11) is 5.01. The summed E-state index contributed by atoms with van der Waals surface area (Å²) in [5.74, 6) is -2.58. The normalized spacial score (nSPS) is 11.6. The average Bonchev–Trinajstić information content (AvgIpc) is 2.61. The first-order chi connectivity index (χ1) is 11.8. The van der Waals surface area contributed by atoms with Gasteiger partial charge in [-0.05, 0) is 29.8 Å². The zero-order chi connectivity index (χ0) is 18.6. The highest BCUT2D eigenvalue weighted by Crippen LogP contribution is 2.18. The largest absolute Gasteiger partial charge is 0.363 e. The molecule has 0 aliphatic heterocycles. The highest BCUT2D eigenvalue weighted by molar-refractivity contribution is 5.97. The Hall–Kier alpha value is -3.03. The summed E-state index contributed by atoms with van der Waals surface area (Å²) in [5, 5.41) is 4.89. The lowest BCUT2D eigenvalue weighted by atomic mass is 10.1. The van der Waals surface area contributed by atoms with Crippen LogP contribution in [0.4, 0.5) is 14.6 Å². The SMILES string of the molecule is CNC(=O)[C@@H](NC(=O)c1ccc(N(C)C)nc1)c1ccc(F)c(F)c1. The van der Waals surface area contributed by atoms with Crippen molar-refractivity contribution in [3.63, 3.8) is 0 Å². The van der Waals surface area contributed by atoms with Crippen molar-refractivity contribution in [2.75, 3.05) is 26.0 Å². The van der Waals surface area contributed by atoms with Gasteiger partial charge in [-0.15, -0.1) is 0 Å². The molecule has 1 aromatic heterocycles. The molecule has 25 heavy (non-hydrogen) atoms. The summed E-state index contributed by atoms with van der Waals surface area (Å²) in [5.41, 5.74) is 0.367. The third kappa shape index (κ3) is 4.28.